The van der Waals surface area contributed by atoms with Crippen molar-refractivity contribution >= 4 is 11.0 Å². The van der Waals surface area contributed by atoms with Crippen molar-refractivity contribution in [2.75, 3.05) is 0 Å². The summed E-state index contributed by atoms with van der Waals surface area (Å²) in [4.78, 5) is 0. The lowest BCUT2D eigenvalue weighted by Gasteiger charge is -2.26. The van der Waals surface area contributed by atoms with Crippen LogP contribution in [0.15, 0.2) is 30.9 Å². The van der Waals surface area contributed by atoms with Crippen LogP contribution >= 0.6 is 0 Å². The normalized spacial score (nSPS) is 15.0. The molecule has 0 aliphatic heterocycles. The molecule has 2 atom stereocenters. The molecular formula is C14H19F2NOS. The molecule has 0 fully saturated rings. The quantitative estimate of drug-likeness (QED) is 0.801. The minimum absolute atomic E-state index is 0.219. The molecule has 1 aromatic carbocycles. The highest BCUT2D eigenvalue weighted by Gasteiger charge is 2.27. The van der Waals surface area contributed by atoms with Crippen molar-refractivity contribution in [3.8, 4) is 0 Å². The Hall–Kier alpha value is -1.07. The predicted molar refractivity (Wildman–Crippen MR) is 75.2 cm³/mol. The molecule has 0 radical (unpaired) electrons. The molecule has 0 saturated heterocycles. The summed E-state index contributed by atoms with van der Waals surface area (Å²) in [7, 11) is -1.50. The Labute approximate surface area is 115 Å². The van der Waals surface area contributed by atoms with Crippen LogP contribution in [-0.4, -0.2) is 8.96 Å². The van der Waals surface area contributed by atoms with E-state index in [1.807, 2.05) is 0 Å². The van der Waals surface area contributed by atoms with Crippen LogP contribution in [0, 0.1) is 5.82 Å². The maximum absolute atomic E-state index is 13.4. The van der Waals surface area contributed by atoms with E-state index >= 15 is 0 Å². The highest BCUT2D eigenvalue weighted by atomic mass is 32.2. The number of nitrogens with two attached hydrogens (primary N) is 1. The molecule has 0 saturated carbocycles. The molecule has 1 unspecified atom stereocenters. The zero-order valence-electron chi connectivity index (χ0n) is 11.2. The Morgan fingerprint density at radius 1 is 1.47 bits per heavy atom. The lowest BCUT2D eigenvalue weighted by molar-refractivity contribution is 0.481. The summed E-state index contributed by atoms with van der Waals surface area (Å²) in [6, 6.07) is 4.11. The number of benzene rings is 1. The lowest BCUT2D eigenvalue weighted by Crippen LogP contribution is -2.33. The van der Waals surface area contributed by atoms with Crippen LogP contribution in [0.3, 0.4) is 0 Å². The van der Waals surface area contributed by atoms with Crippen molar-refractivity contribution in [2.45, 2.75) is 37.6 Å². The SMILES string of the molecule is C=C[C@@H](CC(C)(C)S(N)=O)c1cc(F)cc(CF)c1. The summed E-state index contributed by atoms with van der Waals surface area (Å²) in [5.74, 6) is -0.702. The van der Waals surface area contributed by atoms with E-state index in [9.17, 15) is 13.0 Å². The highest BCUT2D eigenvalue weighted by molar-refractivity contribution is 7.84. The van der Waals surface area contributed by atoms with Crippen LogP contribution in [0.2, 0.25) is 0 Å². The number of alkyl halides is 1. The van der Waals surface area contributed by atoms with Crippen LogP contribution in [0.4, 0.5) is 8.78 Å². The van der Waals surface area contributed by atoms with Gasteiger partial charge in [-0.05, 0) is 43.5 Å². The summed E-state index contributed by atoms with van der Waals surface area (Å²) in [6.45, 7) is 6.53. The van der Waals surface area contributed by atoms with E-state index in [0.717, 1.165) is 6.07 Å². The minimum Gasteiger partial charge on any atom is -0.251 e. The number of hydrogen-bond acceptors (Lipinski definition) is 1. The van der Waals surface area contributed by atoms with Gasteiger partial charge >= 0.3 is 0 Å². The van der Waals surface area contributed by atoms with Crippen LogP contribution in [0.1, 0.15) is 37.3 Å². The Balaban J connectivity index is 3.07. The molecule has 0 spiro atoms. The summed E-state index contributed by atoms with van der Waals surface area (Å²) in [5.41, 5.74) is 0.912. The van der Waals surface area contributed by atoms with E-state index in [2.05, 4.69) is 6.58 Å². The second-order valence-electron chi connectivity index (χ2n) is 5.13. The van der Waals surface area contributed by atoms with Gasteiger partial charge in [0.2, 0.25) is 0 Å². The summed E-state index contributed by atoms with van der Waals surface area (Å²) in [5, 5.41) is 5.44. The van der Waals surface area contributed by atoms with E-state index in [4.69, 9.17) is 5.14 Å². The van der Waals surface area contributed by atoms with Crippen molar-refractivity contribution < 1.29 is 13.0 Å². The molecule has 0 aromatic heterocycles. The third kappa shape index (κ3) is 4.21. The van der Waals surface area contributed by atoms with Gasteiger partial charge in [0.05, 0.1) is 15.7 Å². The summed E-state index contributed by atoms with van der Waals surface area (Å²) >= 11 is 0. The maximum Gasteiger partial charge on any atom is 0.123 e. The van der Waals surface area contributed by atoms with E-state index in [-0.39, 0.29) is 11.5 Å². The van der Waals surface area contributed by atoms with E-state index in [0.29, 0.717) is 12.0 Å². The van der Waals surface area contributed by atoms with Crippen molar-refractivity contribution in [1.29, 1.82) is 0 Å². The largest absolute Gasteiger partial charge is 0.251 e. The molecule has 0 bridgehead atoms. The smallest absolute Gasteiger partial charge is 0.123 e. The second-order valence-corrected chi connectivity index (χ2v) is 6.83. The van der Waals surface area contributed by atoms with Crippen molar-refractivity contribution in [3.05, 3.63) is 47.8 Å². The molecule has 106 valence electrons. The zero-order chi connectivity index (χ0) is 14.6. The van der Waals surface area contributed by atoms with Gasteiger partial charge in [0, 0.05) is 5.92 Å². The van der Waals surface area contributed by atoms with Gasteiger partial charge in [-0.3, -0.25) is 5.14 Å². The van der Waals surface area contributed by atoms with Crippen molar-refractivity contribution in [2.24, 2.45) is 5.14 Å². The first-order valence-corrected chi connectivity index (χ1v) is 7.15. The topological polar surface area (TPSA) is 43.1 Å². The Kier molecular flexibility index (Phi) is 5.38. The van der Waals surface area contributed by atoms with E-state index in [1.54, 1.807) is 26.0 Å². The molecule has 1 aromatic rings. The zero-order valence-corrected chi connectivity index (χ0v) is 12.0. The van der Waals surface area contributed by atoms with Crippen molar-refractivity contribution in [3.63, 3.8) is 0 Å². The molecule has 19 heavy (non-hydrogen) atoms. The van der Waals surface area contributed by atoms with Gasteiger partial charge in [-0.2, -0.15) is 0 Å². The monoisotopic (exact) mass is 287 g/mol. The van der Waals surface area contributed by atoms with Crippen LogP contribution < -0.4 is 5.14 Å². The molecular weight excluding hydrogens is 268 g/mol. The maximum atomic E-state index is 13.4. The fraction of sp³-hybridized carbons (Fsp3) is 0.429. The fourth-order valence-corrected chi connectivity index (χ4v) is 2.26. The first kappa shape index (κ1) is 16.0. The molecule has 0 aliphatic rings. The van der Waals surface area contributed by atoms with E-state index in [1.165, 1.54) is 6.07 Å². The second kappa shape index (κ2) is 6.39. The molecule has 2 N–H and O–H groups in total. The first-order valence-electron chi connectivity index (χ1n) is 5.94. The van der Waals surface area contributed by atoms with Crippen LogP contribution in [0.5, 0.6) is 0 Å². The van der Waals surface area contributed by atoms with Crippen LogP contribution in [0.25, 0.3) is 0 Å². The third-order valence-corrected chi connectivity index (χ3v) is 4.36. The molecule has 2 nitrogen and oxygen atoms in total. The minimum atomic E-state index is -1.50. The van der Waals surface area contributed by atoms with E-state index < -0.39 is 28.2 Å². The number of hydrogen-bond donors (Lipinski definition) is 1. The third-order valence-electron chi connectivity index (χ3n) is 3.10. The molecule has 5 heteroatoms. The summed E-state index contributed by atoms with van der Waals surface area (Å²) in [6.07, 6.45) is 2.10. The van der Waals surface area contributed by atoms with Crippen LogP contribution in [-0.2, 0) is 17.7 Å². The molecule has 0 amide bonds. The molecule has 0 heterocycles. The summed E-state index contributed by atoms with van der Waals surface area (Å²) < 4.78 is 36.9. The van der Waals surface area contributed by atoms with Gasteiger partial charge in [0.25, 0.3) is 0 Å². The van der Waals surface area contributed by atoms with Crippen molar-refractivity contribution in [1.82, 2.24) is 0 Å². The highest BCUT2D eigenvalue weighted by Crippen LogP contribution is 2.30. The average Bonchev–Trinajstić information content (AvgIpc) is 2.34. The fourth-order valence-electron chi connectivity index (χ4n) is 1.92. The number of rotatable bonds is 6. The Morgan fingerprint density at radius 3 is 2.58 bits per heavy atom. The molecule has 0 aliphatic carbocycles. The van der Waals surface area contributed by atoms with Gasteiger partial charge < -0.3 is 0 Å². The van der Waals surface area contributed by atoms with Gasteiger partial charge in [-0.25, -0.2) is 13.0 Å². The predicted octanol–water partition coefficient (Wildman–Crippen LogP) is 3.36. The Bertz CT molecular complexity index is 488. The van der Waals surface area contributed by atoms with Gasteiger partial charge in [-0.1, -0.05) is 12.1 Å². The molecule has 1 rings (SSSR count). The van der Waals surface area contributed by atoms with Gasteiger partial charge in [0.1, 0.15) is 12.5 Å². The van der Waals surface area contributed by atoms with Gasteiger partial charge in [-0.15, -0.1) is 6.58 Å². The van der Waals surface area contributed by atoms with Gasteiger partial charge in [0.15, 0.2) is 0 Å². The number of allylic oxidation sites excluding steroid dienone is 1. The lowest BCUT2D eigenvalue weighted by atomic mass is 9.89. The standard InChI is InChI=1S/C14H19F2NOS/c1-4-11(8-14(2,3)19(17)18)12-5-10(9-15)6-13(16)7-12/h4-7,11H,1,8-9,17H2,2-3H3/t11-,19?/m0/s1. The average molecular weight is 287 g/mol. The Morgan fingerprint density at radius 2 is 2.11 bits per heavy atom. The first-order chi connectivity index (χ1) is 8.80. The number of halogens is 2.